The Morgan fingerprint density at radius 1 is 0.892 bits per heavy atom. The molecule has 1 fully saturated rings. The van der Waals surface area contributed by atoms with Crippen LogP contribution in [0.25, 0.3) is 0 Å². The number of phenolic OH excluding ortho intramolecular Hbond substituents is 1. The molecular formula is C28H24N2O7. The fourth-order valence-electron chi connectivity index (χ4n) is 4.85. The van der Waals surface area contributed by atoms with Crippen molar-refractivity contribution in [2.75, 3.05) is 11.9 Å². The van der Waals surface area contributed by atoms with Gasteiger partial charge in [-0.25, -0.2) is 4.79 Å². The number of amides is 2. The largest absolute Gasteiger partial charge is 0.508 e. The molecule has 2 aliphatic heterocycles. The normalized spacial score (nSPS) is 16.4. The van der Waals surface area contributed by atoms with Gasteiger partial charge >= 0.3 is 11.9 Å². The predicted molar refractivity (Wildman–Crippen MR) is 133 cm³/mol. The maximum absolute atomic E-state index is 13.6. The van der Waals surface area contributed by atoms with Gasteiger partial charge in [-0.05, 0) is 72.5 Å². The molecule has 0 bridgehead atoms. The number of rotatable bonds is 4. The van der Waals surface area contributed by atoms with E-state index < -0.39 is 29.7 Å². The van der Waals surface area contributed by atoms with Gasteiger partial charge in [-0.1, -0.05) is 18.2 Å². The van der Waals surface area contributed by atoms with Crippen LogP contribution in [0.1, 0.15) is 51.4 Å². The van der Waals surface area contributed by atoms with Crippen molar-refractivity contribution in [1.82, 2.24) is 5.06 Å². The van der Waals surface area contributed by atoms with Crippen molar-refractivity contribution < 1.29 is 33.9 Å². The Labute approximate surface area is 212 Å². The second kappa shape index (κ2) is 9.09. The van der Waals surface area contributed by atoms with Gasteiger partial charge in [0.2, 0.25) is 0 Å². The maximum Gasteiger partial charge on any atom is 0.363 e. The number of aromatic hydroxyl groups is 1. The standard InChI is InChI=1S/C28H24N2O7/c1-15-12-17(27(34)37-30-23(32)10-11-24(30)33)13-16(2)26(15)36-28(35)25-19-6-4-5-7-21(19)29(3)22-9-8-18(31)14-20(22)25/h4-9,12-14,25,31H,10-11H2,1-3H3. The number of phenols is 1. The van der Waals surface area contributed by atoms with Crippen molar-refractivity contribution in [3.8, 4) is 11.5 Å². The number of carbonyl (C=O) groups is 4. The quantitative estimate of drug-likeness (QED) is 0.324. The monoisotopic (exact) mass is 500 g/mol. The van der Waals surface area contributed by atoms with Gasteiger partial charge in [0.15, 0.2) is 0 Å². The summed E-state index contributed by atoms with van der Waals surface area (Å²) in [5.74, 6) is -3.00. The molecular weight excluding hydrogens is 476 g/mol. The molecule has 1 unspecified atom stereocenters. The molecule has 1 atom stereocenters. The Kier molecular flexibility index (Phi) is 5.91. The average molecular weight is 501 g/mol. The van der Waals surface area contributed by atoms with Gasteiger partial charge in [-0.15, -0.1) is 5.06 Å². The molecule has 3 aromatic rings. The lowest BCUT2D eigenvalue weighted by Gasteiger charge is -2.34. The number of aryl methyl sites for hydroxylation is 2. The fourth-order valence-corrected chi connectivity index (χ4v) is 4.85. The summed E-state index contributed by atoms with van der Waals surface area (Å²) >= 11 is 0. The second-order valence-electron chi connectivity index (χ2n) is 9.11. The number of imide groups is 1. The molecule has 188 valence electrons. The third kappa shape index (κ3) is 4.18. The van der Waals surface area contributed by atoms with E-state index in [0.717, 1.165) is 16.9 Å². The SMILES string of the molecule is Cc1cc(C(=O)ON2C(=O)CCC2=O)cc(C)c1OC(=O)C1c2ccccc2N(C)c2ccc(O)cc21. The van der Waals surface area contributed by atoms with E-state index in [1.54, 1.807) is 32.0 Å². The van der Waals surface area contributed by atoms with Gasteiger partial charge in [0, 0.05) is 31.3 Å². The van der Waals surface area contributed by atoms with E-state index in [4.69, 9.17) is 9.57 Å². The predicted octanol–water partition coefficient (Wildman–Crippen LogP) is 4.05. The van der Waals surface area contributed by atoms with Crippen molar-refractivity contribution >= 4 is 35.1 Å². The number of ether oxygens (including phenoxy) is 1. The van der Waals surface area contributed by atoms with Gasteiger partial charge in [0.05, 0.1) is 5.56 Å². The van der Waals surface area contributed by atoms with E-state index in [9.17, 15) is 24.3 Å². The summed E-state index contributed by atoms with van der Waals surface area (Å²) in [5, 5.41) is 10.6. The summed E-state index contributed by atoms with van der Waals surface area (Å²) in [4.78, 5) is 56.8. The van der Waals surface area contributed by atoms with Crippen molar-refractivity contribution in [3.63, 3.8) is 0 Å². The first-order valence-corrected chi connectivity index (χ1v) is 11.7. The third-order valence-electron chi connectivity index (χ3n) is 6.61. The lowest BCUT2D eigenvalue weighted by atomic mass is 9.85. The van der Waals surface area contributed by atoms with Crippen LogP contribution < -0.4 is 9.64 Å². The minimum Gasteiger partial charge on any atom is -0.508 e. The maximum atomic E-state index is 13.6. The smallest absolute Gasteiger partial charge is 0.363 e. The Bertz CT molecular complexity index is 1440. The first kappa shape index (κ1) is 24.1. The van der Waals surface area contributed by atoms with Gasteiger partial charge in [0.25, 0.3) is 11.8 Å². The van der Waals surface area contributed by atoms with Gasteiger partial charge in [-0.2, -0.15) is 0 Å². The second-order valence-corrected chi connectivity index (χ2v) is 9.11. The van der Waals surface area contributed by atoms with E-state index in [-0.39, 0.29) is 29.9 Å². The Morgan fingerprint density at radius 2 is 1.51 bits per heavy atom. The zero-order valence-electron chi connectivity index (χ0n) is 20.5. The summed E-state index contributed by atoms with van der Waals surface area (Å²) in [6, 6.07) is 15.3. The van der Waals surface area contributed by atoms with Crippen LogP contribution in [0.4, 0.5) is 11.4 Å². The van der Waals surface area contributed by atoms with Crippen LogP contribution in [0, 0.1) is 13.8 Å². The van der Waals surface area contributed by atoms with Crippen LogP contribution >= 0.6 is 0 Å². The molecule has 1 saturated heterocycles. The molecule has 1 N–H and O–H groups in total. The molecule has 0 aliphatic carbocycles. The first-order chi connectivity index (χ1) is 17.7. The molecule has 0 spiro atoms. The van der Waals surface area contributed by atoms with E-state index >= 15 is 0 Å². The average Bonchev–Trinajstić information content (AvgIpc) is 3.18. The Hall–Kier alpha value is -4.66. The minimum atomic E-state index is -0.860. The van der Waals surface area contributed by atoms with E-state index in [0.29, 0.717) is 21.8 Å². The molecule has 9 heteroatoms. The highest BCUT2D eigenvalue weighted by Crippen LogP contribution is 2.46. The Morgan fingerprint density at radius 3 is 2.19 bits per heavy atom. The molecule has 2 amide bonds. The molecule has 0 saturated carbocycles. The summed E-state index contributed by atoms with van der Waals surface area (Å²) in [6.45, 7) is 3.36. The zero-order chi connectivity index (χ0) is 26.4. The molecule has 0 aromatic heterocycles. The molecule has 2 aliphatic rings. The van der Waals surface area contributed by atoms with Crippen molar-refractivity contribution in [2.45, 2.75) is 32.6 Å². The van der Waals surface area contributed by atoms with E-state index in [1.807, 2.05) is 36.2 Å². The van der Waals surface area contributed by atoms with Crippen LogP contribution in [0.15, 0.2) is 54.6 Å². The molecule has 3 aromatic carbocycles. The number of hydrogen-bond acceptors (Lipinski definition) is 8. The van der Waals surface area contributed by atoms with Crippen LogP contribution in [-0.2, 0) is 19.2 Å². The number of benzene rings is 3. The number of hydroxylamine groups is 2. The number of carbonyl (C=O) groups excluding carboxylic acids is 4. The fraction of sp³-hybridized carbons (Fsp3) is 0.214. The lowest BCUT2D eigenvalue weighted by Crippen LogP contribution is -2.32. The first-order valence-electron chi connectivity index (χ1n) is 11.7. The molecule has 0 radical (unpaired) electrons. The molecule has 37 heavy (non-hydrogen) atoms. The van der Waals surface area contributed by atoms with E-state index in [2.05, 4.69) is 0 Å². The number of fused-ring (bicyclic) bond motifs is 2. The van der Waals surface area contributed by atoms with Crippen LogP contribution in [0.2, 0.25) is 0 Å². The molecule has 2 heterocycles. The highest BCUT2D eigenvalue weighted by Gasteiger charge is 2.36. The lowest BCUT2D eigenvalue weighted by molar-refractivity contribution is -0.172. The summed E-state index contributed by atoms with van der Waals surface area (Å²) < 4.78 is 5.90. The van der Waals surface area contributed by atoms with Gasteiger partial charge < -0.3 is 19.6 Å². The number of para-hydroxylation sites is 1. The van der Waals surface area contributed by atoms with Crippen molar-refractivity contribution in [3.05, 3.63) is 82.4 Å². The summed E-state index contributed by atoms with van der Waals surface area (Å²) in [6.07, 6.45) is 0.0000952. The van der Waals surface area contributed by atoms with Crippen LogP contribution in [0.5, 0.6) is 11.5 Å². The highest BCUT2D eigenvalue weighted by atomic mass is 16.7. The number of esters is 1. The summed E-state index contributed by atoms with van der Waals surface area (Å²) in [7, 11) is 1.89. The molecule has 5 rings (SSSR count). The highest BCUT2D eigenvalue weighted by molar-refractivity contribution is 6.03. The zero-order valence-corrected chi connectivity index (χ0v) is 20.5. The van der Waals surface area contributed by atoms with E-state index in [1.165, 1.54) is 12.1 Å². The van der Waals surface area contributed by atoms with Gasteiger partial charge in [-0.3, -0.25) is 14.4 Å². The van der Waals surface area contributed by atoms with Crippen molar-refractivity contribution in [1.29, 1.82) is 0 Å². The summed E-state index contributed by atoms with van der Waals surface area (Å²) in [5.41, 5.74) is 4.08. The molecule has 9 nitrogen and oxygen atoms in total. The number of hydrogen-bond donors (Lipinski definition) is 1. The van der Waals surface area contributed by atoms with Crippen LogP contribution in [0.3, 0.4) is 0 Å². The topological polar surface area (TPSA) is 113 Å². The third-order valence-corrected chi connectivity index (χ3v) is 6.61. The number of anilines is 2. The van der Waals surface area contributed by atoms with Gasteiger partial charge in [0.1, 0.15) is 17.4 Å². The number of nitrogens with zero attached hydrogens (tertiary/aromatic N) is 2. The minimum absolute atomic E-state index is 0.0000476. The van der Waals surface area contributed by atoms with Crippen molar-refractivity contribution in [2.24, 2.45) is 0 Å². The van der Waals surface area contributed by atoms with Crippen LogP contribution in [-0.4, -0.2) is 41.0 Å². The Balaban J connectivity index is 1.45.